The average molecular weight is 237 g/mol. The molecular formula is C11H12FN3S. The third kappa shape index (κ3) is 3.83. The number of halogens is 1. The Bertz CT molecular complexity index is 426. The Morgan fingerprint density at radius 1 is 1.56 bits per heavy atom. The molecule has 3 nitrogen and oxygen atoms in total. The van der Waals surface area contributed by atoms with Crippen molar-refractivity contribution in [3.63, 3.8) is 0 Å². The van der Waals surface area contributed by atoms with Gasteiger partial charge in [0, 0.05) is 12.2 Å². The summed E-state index contributed by atoms with van der Waals surface area (Å²) in [4.78, 5) is 0. The number of benzene rings is 1. The lowest BCUT2D eigenvalue weighted by atomic mass is 10.2. The molecule has 0 bridgehead atoms. The number of nitriles is 1. The molecule has 0 fully saturated rings. The molecule has 1 aromatic carbocycles. The Hall–Kier alpha value is -1.67. The molecule has 2 N–H and O–H groups in total. The molecular weight excluding hydrogens is 225 g/mol. The summed E-state index contributed by atoms with van der Waals surface area (Å²) in [5.41, 5.74) is 1.19. The van der Waals surface area contributed by atoms with Crippen molar-refractivity contribution < 1.29 is 4.39 Å². The van der Waals surface area contributed by atoms with Crippen LogP contribution in [0.15, 0.2) is 18.2 Å². The smallest absolute Gasteiger partial charge is 0.170 e. The lowest BCUT2D eigenvalue weighted by Crippen LogP contribution is -2.29. The quantitative estimate of drug-likeness (QED) is 0.625. The van der Waals surface area contributed by atoms with Crippen molar-refractivity contribution in [1.29, 1.82) is 5.26 Å². The Morgan fingerprint density at radius 3 is 2.94 bits per heavy atom. The molecule has 0 aliphatic heterocycles. The van der Waals surface area contributed by atoms with Crippen LogP contribution in [0.25, 0.3) is 0 Å². The third-order valence-electron chi connectivity index (χ3n) is 1.95. The second kappa shape index (κ2) is 6.03. The SMILES string of the molecule is Cc1ccc(NC(=S)NCCC#N)cc1F. The summed E-state index contributed by atoms with van der Waals surface area (Å²) < 4.78 is 13.2. The fourth-order valence-corrected chi connectivity index (χ4v) is 1.30. The van der Waals surface area contributed by atoms with E-state index in [0.29, 0.717) is 29.3 Å². The number of nitrogens with one attached hydrogen (secondary N) is 2. The predicted molar refractivity (Wildman–Crippen MR) is 65.6 cm³/mol. The van der Waals surface area contributed by atoms with Gasteiger partial charge in [0.05, 0.1) is 12.5 Å². The van der Waals surface area contributed by atoms with Gasteiger partial charge < -0.3 is 10.6 Å². The Balaban J connectivity index is 2.50. The second-order valence-corrected chi connectivity index (χ2v) is 3.66. The maximum Gasteiger partial charge on any atom is 0.170 e. The van der Waals surface area contributed by atoms with Crippen LogP contribution < -0.4 is 10.6 Å². The molecule has 0 saturated heterocycles. The first-order chi connectivity index (χ1) is 7.63. The van der Waals surface area contributed by atoms with Crippen LogP contribution in [0.2, 0.25) is 0 Å². The predicted octanol–water partition coefficient (Wildman–Crippen LogP) is 2.33. The Labute approximate surface area is 99.3 Å². The van der Waals surface area contributed by atoms with Gasteiger partial charge in [0.1, 0.15) is 5.82 Å². The summed E-state index contributed by atoms with van der Waals surface area (Å²) in [5.74, 6) is -0.273. The number of rotatable bonds is 3. The standard InChI is InChI=1S/C11H12FN3S/c1-8-3-4-9(7-10(8)12)15-11(16)14-6-2-5-13/h3-4,7H,2,6H2,1H3,(H2,14,15,16). The minimum absolute atomic E-state index is 0.273. The van der Waals surface area contributed by atoms with Gasteiger partial charge in [-0.2, -0.15) is 5.26 Å². The van der Waals surface area contributed by atoms with Crippen LogP contribution in [0, 0.1) is 24.1 Å². The molecule has 16 heavy (non-hydrogen) atoms. The summed E-state index contributed by atoms with van der Waals surface area (Å²) in [6.07, 6.45) is 0.379. The highest BCUT2D eigenvalue weighted by Gasteiger charge is 2.00. The van der Waals surface area contributed by atoms with Gasteiger partial charge >= 0.3 is 0 Å². The van der Waals surface area contributed by atoms with E-state index in [9.17, 15) is 4.39 Å². The van der Waals surface area contributed by atoms with Crippen molar-refractivity contribution in [2.24, 2.45) is 0 Å². The first-order valence-corrected chi connectivity index (χ1v) is 5.22. The highest BCUT2D eigenvalue weighted by molar-refractivity contribution is 7.80. The van der Waals surface area contributed by atoms with Crippen LogP contribution >= 0.6 is 12.2 Å². The summed E-state index contributed by atoms with van der Waals surface area (Å²) in [5, 5.41) is 14.4. The maximum atomic E-state index is 13.2. The summed E-state index contributed by atoms with van der Waals surface area (Å²) in [6.45, 7) is 2.18. The lowest BCUT2D eigenvalue weighted by Gasteiger charge is -2.09. The molecule has 1 rings (SSSR count). The molecule has 0 saturated carbocycles. The van der Waals surface area contributed by atoms with E-state index >= 15 is 0 Å². The van der Waals surface area contributed by atoms with Crippen molar-refractivity contribution in [3.05, 3.63) is 29.6 Å². The largest absolute Gasteiger partial charge is 0.361 e. The minimum Gasteiger partial charge on any atom is -0.361 e. The molecule has 0 aliphatic carbocycles. The summed E-state index contributed by atoms with van der Waals surface area (Å²) in [6, 6.07) is 6.80. The van der Waals surface area contributed by atoms with Gasteiger partial charge in [-0.05, 0) is 36.8 Å². The first-order valence-electron chi connectivity index (χ1n) is 4.81. The number of hydrogen-bond acceptors (Lipinski definition) is 2. The molecule has 0 unspecified atom stereocenters. The third-order valence-corrected chi connectivity index (χ3v) is 2.20. The number of hydrogen-bond donors (Lipinski definition) is 2. The van der Waals surface area contributed by atoms with E-state index in [4.69, 9.17) is 17.5 Å². The number of thiocarbonyl (C=S) groups is 1. The van der Waals surface area contributed by atoms with E-state index in [1.165, 1.54) is 6.07 Å². The number of anilines is 1. The van der Waals surface area contributed by atoms with Crippen LogP contribution in [0.1, 0.15) is 12.0 Å². The molecule has 0 aliphatic rings. The van der Waals surface area contributed by atoms with Gasteiger partial charge in [-0.1, -0.05) is 6.07 Å². The zero-order valence-corrected chi connectivity index (χ0v) is 9.70. The molecule has 84 valence electrons. The number of aryl methyl sites for hydroxylation is 1. The Kier molecular flexibility index (Phi) is 4.67. The fraction of sp³-hybridized carbons (Fsp3) is 0.273. The lowest BCUT2D eigenvalue weighted by molar-refractivity contribution is 0.619. The summed E-state index contributed by atoms with van der Waals surface area (Å²) >= 11 is 4.97. The van der Waals surface area contributed by atoms with Crippen LogP contribution in [0.3, 0.4) is 0 Å². The van der Waals surface area contributed by atoms with Gasteiger partial charge in [-0.15, -0.1) is 0 Å². The Morgan fingerprint density at radius 2 is 2.31 bits per heavy atom. The van der Waals surface area contributed by atoms with E-state index in [-0.39, 0.29) is 5.82 Å². The van der Waals surface area contributed by atoms with Crippen LogP contribution in [-0.2, 0) is 0 Å². The van der Waals surface area contributed by atoms with Crippen molar-refractivity contribution >= 4 is 23.0 Å². The highest BCUT2D eigenvalue weighted by atomic mass is 32.1. The van der Waals surface area contributed by atoms with Gasteiger partial charge in [0.15, 0.2) is 5.11 Å². The fourth-order valence-electron chi connectivity index (χ4n) is 1.08. The zero-order valence-electron chi connectivity index (χ0n) is 8.88. The molecule has 0 spiro atoms. The minimum atomic E-state index is -0.273. The molecule has 0 atom stereocenters. The number of nitrogens with zero attached hydrogens (tertiary/aromatic N) is 1. The first kappa shape index (κ1) is 12.4. The van der Waals surface area contributed by atoms with Crippen molar-refractivity contribution in [1.82, 2.24) is 5.32 Å². The second-order valence-electron chi connectivity index (χ2n) is 3.25. The van der Waals surface area contributed by atoms with E-state index < -0.39 is 0 Å². The van der Waals surface area contributed by atoms with Crippen molar-refractivity contribution in [3.8, 4) is 6.07 Å². The molecule has 0 heterocycles. The van der Waals surface area contributed by atoms with Gasteiger partial charge in [-0.3, -0.25) is 0 Å². The summed E-state index contributed by atoms with van der Waals surface area (Å²) in [7, 11) is 0. The topological polar surface area (TPSA) is 47.8 Å². The molecule has 5 heteroatoms. The van der Waals surface area contributed by atoms with E-state index in [0.717, 1.165) is 0 Å². The molecule has 1 aromatic rings. The van der Waals surface area contributed by atoms with Gasteiger partial charge in [-0.25, -0.2) is 4.39 Å². The van der Waals surface area contributed by atoms with E-state index in [1.54, 1.807) is 19.1 Å². The molecule has 0 amide bonds. The molecule has 0 radical (unpaired) electrons. The highest BCUT2D eigenvalue weighted by Crippen LogP contribution is 2.13. The van der Waals surface area contributed by atoms with E-state index in [2.05, 4.69) is 10.6 Å². The molecule has 0 aromatic heterocycles. The monoisotopic (exact) mass is 237 g/mol. The van der Waals surface area contributed by atoms with Crippen LogP contribution in [-0.4, -0.2) is 11.7 Å². The van der Waals surface area contributed by atoms with Crippen molar-refractivity contribution in [2.45, 2.75) is 13.3 Å². The average Bonchev–Trinajstić information content (AvgIpc) is 2.24. The van der Waals surface area contributed by atoms with Gasteiger partial charge in [0.2, 0.25) is 0 Å². The maximum absolute atomic E-state index is 13.2. The van der Waals surface area contributed by atoms with Crippen LogP contribution in [0.4, 0.5) is 10.1 Å². The van der Waals surface area contributed by atoms with E-state index in [1.807, 2.05) is 6.07 Å². The van der Waals surface area contributed by atoms with Crippen LogP contribution in [0.5, 0.6) is 0 Å². The van der Waals surface area contributed by atoms with Gasteiger partial charge in [0.25, 0.3) is 0 Å². The van der Waals surface area contributed by atoms with Crippen molar-refractivity contribution in [2.75, 3.05) is 11.9 Å². The zero-order chi connectivity index (χ0) is 12.0. The normalized spacial score (nSPS) is 9.31.